The van der Waals surface area contributed by atoms with Gasteiger partial charge in [0.1, 0.15) is 5.37 Å². The first kappa shape index (κ1) is 13.8. The number of nitrogens with one attached hydrogen (secondary N) is 1. The summed E-state index contributed by atoms with van der Waals surface area (Å²) in [5.74, 6) is 0. The van der Waals surface area contributed by atoms with E-state index in [0.29, 0.717) is 10.0 Å². The Morgan fingerprint density at radius 3 is 2.65 bits per heavy atom. The van der Waals surface area contributed by atoms with Gasteiger partial charge in [0, 0.05) is 22.0 Å². The molecule has 1 aliphatic heterocycles. The van der Waals surface area contributed by atoms with Gasteiger partial charge in [0.15, 0.2) is 0 Å². The van der Waals surface area contributed by atoms with Gasteiger partial charge in [-0.15, -0.1) is 0 Å². The molecule has 1 aliphatic rings. The summed E-state index contributed by atoms with van der Waals surface area (Å²) in [6, 6.07) is 15.8. The van der Waals surface area contributed by atoms with Crippen molar-refractivity contribution in [3.05, 3.63) is 69.7 Å². The lowest BCUT2D eigenvalue weighted by molar-refractivity contribution is 0.742. The largest absolute Gasteiger partial charge is 0.291 e. The van der Waals surface area contributed by atoms with Crippen LogP contribution in [0.4, 0.5) is 0 Å². The molecule has 0 amide bonds. The van der Waals surface area contributed by atoms with Gasteiger partial charge in [0.25, 0.3) is 0 Å². The van der Waals surface area contributed by atoms with E-state index in [1.807, 2.05) is 30.3 Å². The fourth-order valence-electron chi connectivity index (χ4n) is 2.02. The van der Waals surface area contributed by atoms with Crippen LogP contribution in [0.15, 0.2) is 53.6 Å². The van der Waals surface area contributed by atoms with Gasteiger partial charge in [-0.2, -0.15) is 5.10 Å². The highest BCUT2D eigenvalue weighted by Gasteiger charge is 2.23. The number of benzene rings is 2. The molecule has 1 heterocycles. The topological polar surface area (TPSA) is 24.4 Å². The summed E-state index contributed by atoms with van der Waals surface area (Å²) in [7, 11) is 0. The summed E-state index contributed by atoms with van der Waals surface area (Å²) in [4.78, 5) is 0. The number of halogens is 2. The number of hydrogen-bond acceptors (Lipinski definition) is 3. The number of hydrazone groups is 1. The third-order valence-electron chi connectivity index (χ3n) is 3.00. The minimum absolute atomic E-state index is 0.0541. The van der Waals surface area contributed by atoms with Crippen LogP contribution >= 0.6 is 35.0 Å². The zero-order chi connectivity index (χ0) is 13.9. The van der Waals surface area contributed by atoms with Gasteiger partial charge in [-0.1, -0.05) is 71.4 Å². The summed E-state index contributed by atoms with van der Waals surface area (Å²) in [6.45, 7) is 0. The van der Waals surface area contributed by atoms with Gasteiger partial charge in [-0.3, -0.25) is 5.43 Å². The predicted molar refractivity (Wildman–Crippen MR) is 87.5 cm³/mol. The molecule has 0 aliphatic carbocycles. The van der Waals surface area contributed by atoms with E-state index in [2.05, 4.69) is 22.7 Å². The van der Waals surface area contributed by atoms with Gasteiger partial charge in [0.2, 0.25) is 0 Å². The summed E-state index contributed by atoms with van der Waals surface area (Å²) >= 11 is 13.8. The minimum atomic E-state index is 0.0541. The van der Waals surface area contributed by atoms with Gasteiger partial charge in [-0.25, -0.2) is 0 Å². The van der Waals surface area contributed by atoms with E-state index in [0.717, 1.165) is 17.0 Å². The number of thioether (sulfide) groups is 1. The lowest BCUT2D eigenvalue weighted by atomic mass is 10.2. The molecule has 5 heteroatoms. The van der Waals surface area contributed by atoms with Crippen molar-refractivity contribution in [2.24, 2.45) is 5.10 Å². The molecule has 102 valence electrons. The minimum Gasteiger partial charge on any atom is -0.291 e. The molecule has 1 N–H and O–H groups in total. The quantitative estimate of drug-likeness (QED) is 0.870. The highest BCUT2D eigenvalue weighted by molar-refractivity contribution is 8.14. The maximum absolute atomic E-state index is 6.23. The molecule has 3 rings (SSSR count). The Hall–Kier alpha value is -1.16. The molecule has 2 nitrogen and oxygen atoms in total. The van der Waals surface area contributed by atoms with Crippen LogP contribution in [0.25, 0.3) is 0 Å². The van der Waals surface area contributed by atoms with Crippen molar-refractivity contribution >= 4 is 40.0 Å². The molecule has 0 aromatic heterocycles. The van der Waals surface area contributed by atoms with Crippen LogP contribution in [0.1, 0.15) is 16.5 Å². The van der Waals surface area contributed by atoms with Gasteiger partial charge >= 0.3 is 0 Å². The van der Waals surface area contributed by atoms with Crippen LogP contribution in [-0.4, -0.2) is 5.04 Å². The van der Waals surface area contributed by atoms with Crippen molar-refractivity contribution in [3.8, 4) is 0 Å². The summed E-state index contributed by atoms with van der Waals surface area (Å²) in [5.41, 5.74) is 5.39. The fourth-order valence-corrected chi connectivity index (χ4v) is 3.67. The maximum atomic E-state index is 6.23. The van der Waals surface area contributed by atoms with E-state index in [9.17, 15) is 0 Å². The number of rotatable bonds is 3. The summed E-state index contributed by atoms with van der Waals surface area (Å²) in [6.07, 6.45) is 0.834. The second kappa shape index (κ2) is 6.08. The van der Waals surface area contributed by atoms with Crippen LogP contribution in [0, 0.1) is 0 Å². The van der Waals surface area contributed by atoms with E-state index in [1.54, 1.807) is 17.8 Å². The van der Waals surface area contributed by atoms with Crippen LogP contribution in [0.2, 0.25) is 10.0 Å². The van der Waals surface area contributed by atoms with Crippen molar-refractivity contribution in [1.82, 2.24) is 5.43 Å². The SMILES string of the molecule is Clc1ccc([C@@H]2NN=C(Cc3ccccc3)S2)c(Cl)c1. The van der Waals surface area contributed by atoms with Gasteiger partial charge in [-0.05, 0) is 17.7 Å². The van der Waals surface area contributed by atoms with E-state index in [1.165, 1.54) is 5.56 Å². The molecule has 0 bridgehead atoms. The standard InChI is InChI=1S/C15H12Cl2N2S/c16-11-6-7-12(13(17)9-11)15-19-18-14(20-15)8-10-4-2-1-3-5-10/h1-7,9,15,19H,8H2/t15-/m1/s1. The Bertz CT molecular complexity index is 644. The second-order valence-electron chi connectivity index (χ2n) is 4.46. The van der Waals surface area contributed by atoms with Crippen molar-refractivity contribution in [1.29, 1.82) is 0 Å². The van der Waals surface area contributed by atoms with Crippen LogP contribution in [0.3, 0.4) is 0 Å². The first-order valence-corrected chi connectivity index (χ1v) is 7.83. The first-order valence-electron chi connectivity index (χ1n) is 6.20. The van der Waals surface area contributed by atoms with Gasteiger partial charge in [0.05, 0.1) is 5.04 Å². The van der Waals surface area contributed by atoms with Crippen molar-refractivity contribution in [3.63, 3.8) is 0 Å². The van der Waals surface area contributed by atoms with E-state index in [-0.39, 0.29) is 5.37 Å². The average molecular weight is 323 g/mol. The third kappa shape index (κ3) is 3.11. The molecule has 1 atom stereocenters. The van der Waals surface area contributed by atoms with Crippen molar-refractivity contribution in [2.75, 3.05) is 0 Å². The molecule has 0 saturated heterocycles. The molecule has 2 aromatic carbocycles. The molecule has 20 heavy (non-hydrogen) atoms. The number of hydrogen-bond donors (Lipinski definition) is 1. The Morgan fingerprint density at radius 1 is 1.10 bits per heavy atom. The normalized spacial score (nSPS) is 17.7. The maximum Gasteiger partial charge on any atom is 0.121 e. The van der Waals surface area contributed by atoms with Crippen LogP contribution in [0.5, 0.6) is 0 Å². The molecule has 2 aromatic rings. The molecular weight excluding hydrogens is 311 g/mol. The van der Waals surface area contributed by atoms with E-state index in [4.69, 9.17) is 23.2 Å². The highest BCUT2D eigenvalue weighted by Crippen LogP contribution is 2.37. The second-order valence-corrected chi connectivity index (χ2v) is 6.48. The van der Waals surface area contributed by atoms with Crippen LogP contribution < -0.4 is 5.43 Å². The first-order chi connectivity index (χ1) is 9.72. The Labute approximate surface area is 132 Å². The molecule has 0 unspecified atom stereocenters. The summed E-state index contributed by atoms with van der Waals surface area (Å²) < 4.78 is 0. The Morgan fingerprint density at radius 2 is 1.90 bits per heavy atom. The fraction of sp³-hybridized carbons (Fsp3) is 0.133. The third-order valence-corrected chi connectivity index (χ3v) is 4.67. The smallest absolute Gasteiger partial charge is 0.121 e. The lowest BCUT2D eigenvalue weighted by Crippen LogP contribution is -2.07. The number of nitrogens with zero attached hydrogens (tertiary/aromatic N) is 1. The highest BCUT2D eigenvalue weighted by atomic mass is 35.5. The molecular formula is C15H12Cl2N2S. The molecule has 0 saturated carbocycles. The summed E-state index contributed by atoms with van der Waals surface area (Å²) in [5, 5.41) is 6.82. The Kier molecular flexibility index (Phi) is 4.20. The van der Waals surface area contributed by atoms with Crippen molar-refractivity contribution < 1.29 is 0 Å². The Balaban J connectivity index is 1.69. The lowest BCUT2D eigenvalue weighted by Gasteiger charge is -2.11. The molecule has 0 fully saturated rings. The zero-order valence-electron chi connectivity index (χ0n) is 10.5. The molecule has 0 spiro atoms. The predicted octanol–water partition coefficient (Wildman–Crippen LogP) is 4.88. The average Bonchev–Trinajstić information content (AvgIpc) is 2.88. The zero-order valence-corrected chi connectivity index (χ0v) is 12.8. The van der Waals surface area contributed by atoms with Gasteiger partial charge < -0.3 is 0 Å². The van der Waals surface area contributed by atoms with E-state index < -0.39 is 0 Å². The van der Waals surface area contributed by atoms with Crippen LogP contribution in [-0.2, 0) is 6.42 Å². The molecule has 0 radical (unpaired) electrons. The monoisotopic (exact) mass is 322 g/mol. The van der Waals surface area contributed by atoms with Crippen molar-refractivity contribution in [2.45, 2.75) is 11.8 Å². The van der Waals surface area contributed by atoms with E-state index >= 15 is 0 Å².